The molecule has 0 radical (unpaired) electrons. The molecule has 0 spiro atoms. The first-order valence-corrected chi connectivity index (χ1v) is 48.4. The molecule has 7 aliphatic rings. The van der Waals surface area contributed by atoms with Crippen LogP contribution in [-0.4, -0.2) is 190 Å². The summed E-state index contributed by atoms with van der Waals surface area (Å²) in [6, 6.07) is 55.1. The number of anilines is 10. The van der Waals surface area contributed by atoms with Crippen LogP contribution in [0.1, 0.15) is 103 Å². The minimum absolute atomic E-state index is 0.0266. The van der Waals surface area contributed by atoms with E-state index in [0.29, 0.717) is 49.6 Å². The van der Waals surface area contributed by atoms with Crippen LogP contribution in [-0.2, 0) is 25.7 Å². The Hall–Kier alpha value is -14.7. The van der Waals surface area contributed by atoms with Crippen LogP contribution in [0.2, 0.25) is 0 Å². The van der Waals surface area contributed by atoms with E-state index in [-0.39, 0.29) is 72.2 Å². The molecule has 5 aliphatic heterocycles. The lowest BCUT2D eigenvalue weighted by Crippen LogP contribution is -2.43. The Morgan fingerprint density at radius 2 is 0.777 bits per heavy atom. The van der Waals surface area contributed by atoms with Crippen LogP contribution in [0.5, 0.6) is 0 Å². The molecule has 0 saturated carbocycles. The van der Waals surface area contributed by atoms with E-state index < -0.39 is 0 Å². The monoisotopic (exact) mass is 1900 g/mol. The van der Waals surface area contributed by atoms with Gasteiger partial charge in [-0.25, -0.2) is 38.1 Å². The van der Waals surface area contributed by atoms with Crippen molar-refractivity contribution in [3.63, 3.8) is 0 Å². The highest BCUT2D eigenvalue weighted by Gasteiger charge is 2.25. The zero-order valence-corrected chi connectivity index (χ0v) is 79.1. The number of carbonyl (C=O) groups excluding carboxylic acids is 5. The Bertz CT molecular complexity index is 6420. The Balaban J connectivity index is 0.000000126. The SMILES string of the molecule is Cc1ccc(-c2ccc(F)cc2)cc1NC(=O)c1cnc(N2CCNCC2)s1.Nc1ccc(-c2ccc(F)cc2)cc1CC(=O)c1ccc(N2CCNCC2)cn1.Nc1ccc(-c2ccc(F)cc2)cc1CC(=O)c1ccc(N2CCNCC2)nc1.Nc1ccc(C2=CC=CC2)cc1CC(=O)c1cnc(N2CCNCC2)cn1.Nc1ccc(C2=CC=CC2)cc1CC(=O)c1ncc(N2CCNCC2)s1. The van der Waals surface area contributed by atoms with E-state index in [1.165, 1.54) is 70.2 Å². The minimum Gasteiger partial charge on any atom is -0.398 e. The fourth-order valence-electron chi connectivity index (χ4n) is 16.8. The van der Waals surface area contributed by atoms with Crippen molar-refractivity contribution in [3.05, 3.63) is 345 Å². The average molecular weight is 1910 g/mol. The second-order valence-corrected chi connectivity index (χ2v) is 36.5. The largest absolute Gasteiger partial charge is 0.398 e. The van der Waals surface area contributed by atoms with Crippen LogP contribution >= 0.6 is 22.7 Å². The summed E-state index contributed by atoms with van der Waals surface area (Å²) in [7, 11) is 0. The number of rotatable bonds is 24. The molecule has 5 fully saturated rings. The van der Waals surface area contributed by atoms with E-state index >= 15 is 0 Å². The number of nitrogens with one attached hydrogen (secondary N) is 6. The molecule has 5 aromatic heterocycles. The Labute approximate surface area is 814 Å². The molecule has 10 heterocycles. The highest BCUT2D eigenvalue weighted by Crippen LogP contribution is 2.35. The quantitative estimate of drug-likeness (QED) is 0.0198. The van der Waals surface area contributed by atoms with Crippen LogP contribution in [0, 0.1) is 24.4 Å². The smallest absolute Gasteiger partial charge is 0.267 e. The van der Waals surface area contributed by atoms with Crippen LogP contribution in [0.25, 0.3) is 44.5 Å². The van der Waals surface area contributed by atoms with Gasteiger partial charge in [-0.15, -0.1) is 0 Å². The number of nitrogens with two attached hydrogens (primary N) is 4. The number of pyridine rings is 2. The summed E-state index contributed by atoms with van der Waals surface area (Å²) < 4.78 is 39.5. The number of carbonyl (C=O) groups is 5. The summed E-state index contributed by atoms with van der Waals surface area (Å²) in [5.41, 5.74) is 44.2. The third-order valence-electron chi connectivity index (χ3n) is 24.9. The van der Waals surface area contributed by atoms with E-state index in [0.717, 1.165) is 249 Å². The van der Waals surface area contributed by atoms with Crippen molar-refractivity contribution >= 4 is 119 Å². The van der Waals surface area contributed by atoms with Gasteiger partial charge in [0.05, 0.1) is 36.7 Å². The first-order chi connectivity index (χ1) is 67.7. The van der Waals surface area contributed by atoms with Gasteiger partial charge in [-0.3, -0.25) is 29.0 Å². The number of piperazine rings is 5. The third kappa shape index (κ3) is 26.4. The van der Waals surface area contributed by atoms with Crippen LogP contribution in [0.3, 0.4) is 0 Å². The maximum absolute atomic E-state index is 13.2. The van der Waals surface area contributed by atoms with Crippen LogP contribution in [0.4, 0.5) is 69.1 Å². The highest BCUT2D eigenvalue weighted by molar-refractivity contribution is 7.18. The molecule has 0 bridgehead atoms. The minimum atomic E-state index is -0.282. The summed E-state index contributed by atoms with van der Waals surface area (Å²) in [5.74, 6) is 0.540. The molecule has 712 valence electrons. The topological polar surface area (TPSA) is 355 Å². The number of allylic oxidation sites excluding steroid dienone is 8. The van der Waals surface area contributed by atoms with E-state index in [1.54, 1.807) is 85.6 Å². The molecular weight excluding hydrogens is 1790 g/mol. The van der Waals surface area contributed by atoms with E-state index in [9.17, 15) is 37.1 Å². The van der Waals surface area contributed by atoms with E-state index in [4.69, 9.17) is 22.9 Å². The number of amides is 1. The molecule has 8 aromatic carbocycles. The number of thiazole rings is 2. The Morgan fingerprint density at radius 1 is 0.360 bits per heavy atom. The number of aromatic nitrogens is 6. The lowest BCUT2D eigenvalue weighted by Gasteiger charge is -2.29. The van der Waals surface area contributed by atoms with Crippen molar-refractivity contribution in [2.75, 3.05) is 184 Å². The normalized spacial score (nSPS) is 15.0. The van der Waals surface area contributed by atoms with Crippen LogP contribution < -0.4 is 79.3 Å². The highest BCUT2D eigenvalue weighted by atomic mass is 32.1. The first kappa shape index (κ1) is 97.4. The zero-order valence-electron chi connectivity index (χ0n) is 77.4. The first-order valence-electron chi connectivity index (χ1n) is 46.7. The van der Waals surface area contributed by atoms with Gasteiger partial charge in [0.2, 0.25) is 0 Å². The van der Waals surface area contributed by atoms with Crippen molar-refractivity contribution in [2.24, 2.45) is 0 Å². The molecule has 0 unspecified atom stereocenters. The van der Waals surface area contributed by atoms with Gasteiger partial charge in [-0.2, -0.15) is 0 Å². The molecule has 26 nitrogen and oxygen atoms in total. The van der Waals surface area contributed by atoms with Crippen molar-refractivity contribution in [3.8, 4) is 33.4 Å². The number of halogens is 3. The molecule has 13 aromatic rings. The van der Waals surface area contributed by atoms with Crippen molar-refractivity contribution in [1.82, 2.24) is 56.5 Å². The predicted molar refractivity (Wildman–Crippen MR) is 554 cm³/mol. The average Bonchev–Trinajstić information content (AvgIpc) is 1.73. The number of ketones is 4. The molecule has 139 heavy (non-hydrogen) atoms. The fraction of sp³-hybridized carbons (Fsp3) is 0.250. The number of hydrogen-bond acceptors (Lipinski definition) is 27. The molecule has 1 amide bonds. The molecule has 2 aliphatic carbocycles. The van der Waals surface area contributed by atoms with E-state index in [1.807, 2.05) is 116 Å². The molecule has 5 saturated heterocycles. The summed E-state index contributed by atoms with van der Waals surface area (Å²) in [4.78, 5) is 102. The lowest BCUT2D eigenvalue weighted by atomic mass is 9.97. The Kier molecular flexibility index (Phi) is 33.2. The lowest BCUT2D eigenvalue weighted by molar-refractivity contribution is 0.0980. The molecule has 20 rings (SSSR count). The van der Waals surface area contributed by atoms with Gasteiger partial charge in [0.25, 0.3) is 5.91 Å². The summed E-state index contributed by atoms with van der Waals surface area (Å²) in [6.07, 6.45) is 25.4. The maximum atomic E-state index is 13.2. The summed E-state index contributed by atoms with van der Waals surface area (Å²) >= 11 is 2.89. The van der Waals surface area contributed by atoms with Crippen molar-refractivity contribution in [2.45, 2.75) is 45.4 Å². The number of nitrogen functional groups attached to an aromatic ring is 4. The standard InChI is InChI=1S/2C23H23FN4O.C21H21FN4OS.C21H23N5O.C20H22N4OS/c24-20-5-1-16(2-6-20)17-3-7-21(25)19(13-17)14-22(29)18-4-8-23(27-15-18)28-11-9-26-10-12-28;24-19-4-1-16(2-5-19)17-3-7-21(25)18(13-17)14-23(29)22-8-6-20(15-27-22)28-11-9-26-10-12-28;1-14-2-3-16(15-4-6-17(22)7-5-15)12-18(14)25-20(27)19-13-24-21(28-19)26-10-8-23-9-11-26;22-18-6-5-16(15-3-1-2-4-15)11-17(18)12-20(27)19-13-25-21(14-24-19)26-9-7-23-8-10-26;21-17-6-5-15(14-3-1-2-4-14)11-16(17)12-18(25)20-23-13-19(26-20)24-9-7-22-8-10-24/h2*1-8,13,15,26H,9-12,14,25H2;2-7,12-13,23H,8-11H2,1H3,(H,25,27);1-3,5-6,11,13-14,23H,4,7-10,12,22H2;1-3,5-6,11,13,22H,4,7-10,12,21H2. The predicted octanol–water partition coefficient (Wildman–Crippen LogP) is 15.7. The zero-order chi connectivity index (χ0) is 96.5. The number of benzene rings is 8. The second kappa shape index (κ2) is 47.4. The van der Waals surface area contributed by atoms with Gasteiger partial charge in [-0.05, 0) is 218 Å². The third-order valence-corrected chi connectivity index (χ3v) is 27.1. The maximum Gasteiger partial charge on any atom is 0.267 e. The molecule has 14 N–H and O–H groups in total. The summed E-state index contributed by atoms with van der Waals surface area (Å²) in [5, 5.41) is 22.1. The number of aryl methyl sites for hydroxylation is 1. The number of Topliss-reactive ketones (excluding diaryl/α,β-unsaturated/α-hetero) is 4. The number of hydrogen-bond donors (Lipinski definition) is 10. The Morgan fingerprint density at radius 3 is 1.24 bits per heavy atom. The summed E-state index contributed by atoms with van der Waals surface area (Å²) in [6.45, 7) is 20.6. The second-order valence-electron chi connectivity index (χ2n) is 34.5. The molecule has 31 heteroatoms. The van der Waals surface area contributed by atoms with Gasteiger partial charge in [0, 0.05) is 197 Å². The van der Waals surface area contributed by atoms with Crippen molar-refractivity contribution < 1.29 is 37.1 Å². The van der Waals surface area contributed by atoms with Gasteiger partial charge in [0.1, 0.15) is 50.4 Å². The molecule has 0 atom stereocenters. The van der Waals surface area contributed by atoms with Gasteiger partial charge >= 0.3 is 0 Å². The molecular formula is C108H112F3N21O5S2. The fourth-order valence-corrected chi connectivity index (χ4v) is 18.6. The van der Waals surface area contributed by atoms with Gasteiger partial charge in [-0.1, -0.05) is 132 Å². The van der Waals surface area contributed by atoms with E-state index in [2.05, 4.69) is 117 Å². The number of nitrogens with zero attached hydrogens (tertiary/aromatic N) is 11. The van der Waals surface area contributed by atoms with Crippen LogP contribution in [0.15, 0.2) is 262 Å². The van der Waals surface area contributed by atoms with Crippen molar-refractivity contribution in [1.29, 1.82) is 0 Å². The van der Waals surface area contributed by atoms with Gasteiger partial charge < -0.3 is 79.3 Å². The van der Waals surface area contributed by atoms with Gasteiger partial charge in [0.15, 0.2) is 33.3 Å².